The van der Waals surface area contributed by atoms with Crippen molar-refractivity contribution in [3.8, 4) is 0 Å². The number of alkyl halides is 3. The van der Waals surface area contributed by atoms with Gasteiger partial charge in [-0.25, -0.2) is 43.5 Å². The third-order valence-corrected chi connectivity index (χ3v) is 39.7. The molecule has 0 aromatic heterocycles. The molecule has 9 aromatic carbocycles. The number of fused-ring (bicyclic) bond motifs is 3. The van der Waals surface area contributed by atoms with E-state index in [0.29, 0.717) is 79.3 Å². The number of amides is 1. The highest BCUT2D eigenvalue weighted by atomic mass is 127. The Kier molecular flexibility index (Phi) is 57.3. The van der Waals surface area contributed by atoms with Gasteiger partial charge in [0.2, 0.25) is 5.82 Å². The molecule has 0 radical (unpaired) electrons. The van der Waals surface area contributed by atoms with Gasteiger partial charge in [0.1, 0.15) is 55.0 Å². The Balaban J connectivity index is 0.000000332. The summed E-state index contributed by atoms with van der Waals surface area (Å²) in [5.74, 6) is 1.86. The smallest absolute Gasteiger partial charge is 0.485 e. The van der Waals surface area contributed by atoms with E-state index < -0.39 is 77.6 Å². The summed E-state index contributed by atoms with van der Waals surface area (Å²) in [6.45, 7) is 40.7. The molecule has 6 aliphatic rings. The number of carbonyl (C=O) groups excluding carboxylic acids is 5. The number of benzene rings is 9. The van der Waals surface area contributed by atoms with E-state index in [9.17, 15) is 78.0 Å². The first kappa shape index (κ1) is 132. The van der Waals surface area contributed by atoms with Gasteiger partial charge >= 0.3 is 5.51 Å². The van der Waals surface area contributed by atoms with E-state index in [1.54, 1.807) is 12.1 Å². The molecule has 4 aliphatic heterocycles. The van der Waals surface area contributed by atoms with Crippen molar-refractivity contribution in [3.05, 3.63) is 280 Å². The van der Waals surface area contributed by atoms with E-state index in [1.165, 1.54) is 139 Å². The first-order valence-electron chi connectivity index (χ1n) is 47.0. The minimum Gasteiger partial charge on any atom is -0.741 e. The van der Waals surface area contributed by atoms with Crippen molar-refractivity contribution in [3.63, 3.8) is 0 Å². The van der Waals surface area contributed by atoms with Gasteiger partial charge in [0.15, 0.2) is 93.4 Å². The number of hydrogen-bond donors (Lipinski definition) is 1. The van der Waals surface area contributed by atoms with Gasteiger partial charge in [0.25, 0.3) is 83.7 Å². The van der Waals surface area contributed by atoms with E-state index in [0.717, 1.165) is 53.5 Å². The second kappa shape index (κ2) is 62.9. The molecule has 3 saturated heterocycles. The van der Waals surface area contributed by atoms with Crippen molar-refractivity contribution in [2.24, 2.45) is 27.6 Å². The van der Waals surface area contributed by atoms with Gasteiger partial charge in [-0.15, -0.1) is 0 Å². The van der Waals surface area contributed by atoms with Crippen LogP contribution in [0.2, 0.25) is 0 Å². The number of ketones is 4. The summed E-state index contributed by atoms with van der Waals surface area (Å²) >= 11 is 10.0. The van der Waals surface area contributed by atoms with Crippen LogP contribution < -0.4 is 83.0 Å². The molecule has 37 heteroatoms. The molecular weight excluding hydrogens is 2390 g/mol. The monoisotopic (exact) mass is 2530 g/mol. The molecule has 2 bridgehead atoms. The molecule has 9 aromatic rings. The highest BCUT2D eigenvalue weighted by Gasteiger charge is 2.64. The molecule has 1 amide bonds. The van der Waals surface area contributed by atoms with Crippen LogP contribution in [0.25, 0.3) is 0 Å². The molecule has 2 aliphatic carbocycles. The van der Waals surface area contributed by atoms with Crippen LogP contribution in [-0.2, 0) is 131 Å². The van der Waals surface area contributed by atoms with Gasteiger partial charge < -0.3 is 15.1 Å². The molecule has 2 atom stereocenters. The summed E-state index contributed by atoms with van der Waals surface area (Å²) in [4.78, 5) is 61.1. The van der Waals surface area contributed by atoms with Gasteiger partial charge in [-0.05, 0) is 251 Å². The quantitative estimate of drug-likeness (QED) is 0.00673. The Morgan fingerprint density at radius 1 is 0.517 bits per heavy atom. The number of halogens is 11. The normalized spacial score (nSPS) is 16.6. The predicted octanol–water partition coefficient (Wildman–Crippen LogP) is 13.3. The van der Waals surface area contributed by atoms with Gasteiger partial charge in [-0.1, -0.05) is 245 Å². The van der Waals surface area contributed by atoms with Crippen LogP contribution in [0.1, 0.15) is 228 Å². The third kappa shape index (κ3) is 45.6. The number of hydrogen-bond acceptors (Lipinski definition) is 18. The van der Waals surface area contributed by atoms with Crippen LogP contribution in [0.5, 0.6) is 0 Å². The van der Waals surface area contributed by atoms with E-state index >= 15 is 0 Å². The van der Waals surface area contributed by atoms with Crippen molar-refractivity contribution >= 4 is 129 Å². The minimum absolute atomic E-state index is 0.0229. The minimum atomic E-state index is -6.09. The highest BCUT2D eigenvalue weighted by molar-refractivity contribution is 7.98. The van der Waals surface area contributed by atoms with Gasteiger partial charge in [0, 0.05) is 46.9 Å². The van der Waals surface area contributed by atoms with Gasteiger partial charge in [0.05, 0.1) is 28.5 Å². The third-order valence-electron chi connectivity index (χ3n) is 24.2. The molecule has 2 saturated carbocycles. The fraction of sp³-hybridized carbons (Fsp3) is 0.454. The molecule has 145 heavy (non-hydrogen) atoms. The Labute approximate surface area is 920 Å². The van der Waals surface area contributed by atoms with Crippen molar-refractivity contribution in [2.75, 3.05) is 57.5 Å². The first-order chi connectivity index (χ1) is 67.5. The molecule has 4 heterocycles. The van der Waals surface area contributed by atoms with Crippen LogP contribution in [-0.4, -0.2) is 113 Å². The zero-order chi connectivity index (χ0) is 109. The lowest BCUT2D eigenvalue weighted by Crippen LogP contribution is -3.34. The maximum atomic E-state index is 12.7. The molecule has 0 spiro atoms. The van der Waals surface area contributed by atoms with Crippen LogP contribution in [0.3, 0.4) is 0 Å². The largest absolute Gasteiger partial charge is 0.741 e. The summed E-state index contributed by atoms with van der Waals surface area (Å²) in [7, 11) is -8.28. The van der Waals surface area contributed by atoms with Crippen LogP contribution in [0.15, 0.2) is 242 Å². The van der Waals surface area contributed by atoms with E-state index in [4.69, 9.17) is 13.0 Å². The second-order valence-electron chi connectivity index (χ2n) is 39.8. The summed E-state index contributed by atoms with van der Waals surface area (Å²) in [5, 5.41) is 25.1. The van der Waals surface area contributed by atoms with Crippen molar-refractivity contribution in [1.82, 2.24) is 4.72 Å². The average Bonchev–Trinajstić information content (AvgIpc) is 1.55. The van der Waals surface area contributed by atoms with Crippen LogP contribution in [0, 0.1) is 74.3 Å². The zero-order valence-corrected chi connectivity index (χ0v) is 100. The van der Waals surface area contributed by atoms with E-state index in [1.807, 2.05) is 129 Å². The molecule has 5 fully saturated rings. The van der Waals surface area contributed by atoms with Gasteiger partial charge in [-0.2, -0.15) is 21.8 Å². The summed E-state index contributed by atoms with van der Waals surface area (Å²) in [6, 6.07) is 72.8. The maximum Gasteiger partial charge on any atom is 0.485 e. The lowest BCUT2D eigenvalue weighted by Gasteiger charge is -2.35. The summed E-state index contributed by atoms with van der Waals surface area (Å²) < 4.78 is 158. The maximum absolute atomic E-state index is 12.7. The molecule has 15 rings (SSSR count). The van der Waals surface area contributed by atoms with Crippen LogP contribution in [0.4, 0.5) is 35.1 Å². The standard InChI is InChI=1S/C19H17S.C11H16I.2C10H14I.C10H16O4S.2C10H19OS.C8H15OS.C7H5NO3S.C6HF5O3S.C6H6S.CHF3O3S/c1-16-12-14-19(15-13-16)20(17-8-4-2-5-9-17)18-10-6-3-7-11-18;1-4-11(2,3)9-5-7-10(12)8-6-9;2*1-10(2,3)8-4-6-9(11)7-5-8;1-9(2)7-3-4-10(9,8(11)5-7)6-15-14-13-12;2*1-10(2,3)9(11)8-12-6-4-5-7-12;1-2-8(9)7-10-5-3-4-6-10;9-7-5-3-1-2-4-6(5)12(10,11)8-7;7-1-2(8)4(10)6(15-14-13-12)5(11)3(1)9;7-6-4-2-1-3-5-6;2-1(3,4)8(5,6)7/h2-15H,1H3;5-8,12H,4H2,1-3H3;2*4-7,11H,1-3H3;7,12H,3-6H2,1-2H3;2*4-8H2,1-3H3;2-7H2,1H3;1-4H,(H,8,9);12H;1-5,7H;(H,5,6,7)/q4*+1;;3*+1;;;;/p-2. The van der Waals surface area contributed by atoms with Crippen LogP contribution >= 0.6 is 24.1 Å². The number of aryl methyl sites for hydroxylation is 1. The fourth-order valence-electron chi connectivity index (χ4n) is 14.4. The Bertz CT molecular complexity index is 5530. The lowest BCUT2D eigenvalue weighted by atomic mass is 9.70. The zero-order valence-electron chi connectivity index (χ0n) is 85.7. The van der Waals surface area contributed by atoms with Crippen molar-refractivity contribution in [1.29, 1.82) is 0 Å². The predicted molar refractivity (Wildman–Crippen MR) is 564 cm³/mol. The number of carbonyl (C=O) groups is 5. The number of Topliss-reactive ketones (excluding diaryl/α,β-unsaturated/α-hetero) is 4. The molecule has 17 nitrogen and oxygen atoms in total. The highest BCUT2D eigenvalue weighted by Crippen LogP contribution is 2.65. The topological polar surface area (TPSA) is 272 Å². The average molecular weight is 2530 g/mol. The van der Waals surface area contributed by atoms with E-state index in [-0.39, 0.29) is 53.8 Å². The molecular formula is C108H141F8I3NO16S9+5. The molecule has 1 N–H and O–H groups in total. The Hall–Kier alpha value is -5.17. The second-order valence-corrected chi connectivity index (χ2v) is 57.8. The number of sulfonamides is 1. The summed E-state index contributed by atoms with van der Waals surface area (Å²) in [6.07, 6.45) is 12.8. The lowest BCUT2D eigenvalue weighted by molar-refractivity contribution is -0.777. The molecule has 800 valence electrons. The first-order valence-corrected chi connectivity index (χ1v) is 61.9. The molecule has 2 unspecified atom stereocenters. The Morgan fingerprint density at radius 3 is 1.19 bits per heavy atom. The fourth-order valence-corrected chi connectivity index (χ4v) is 27.9. The van der Waals surface area contributed by atoms with Crippen molar-refractivity contribution in [2.45, 2.75) is 253 Å². The summed E-state index contributed by atoms with van der Waals surface area (Å²) in [5.41, 5.74) is 0.531. The Morgan fingerprint density at radius 2 is 0.869 bits per heavy atom. The number of nitrogens with one attached hydrogen (secondary N) is 1. The van der Waals surface area contributed by atoms with Gasteiger partial charge in [-0.3, -0.25) is 34.0 Å². The van der Waals surface area contributed by atoms with Crippen molar-refractivity contribution < 1.29 is 178 Å². The van der Waals surface area contributed by atoms with E-state index in [2.05, 4.69) is 295 Å². The SMILES string of the molecule is CC(C)(C)C(=O)C[S+]1CCCC1.CC(C)(C)C(=O)C[S+]1CCCC1.CC(C)(C)c1ccc([IH+])cc1.CC(C)(C)c1ccc([IH+])cc1.CC1(C)C2CCC1(CSOO[O-])C(=O)C2.CCC(=O)C[S+]1CCCC1.CCC(C)(C)c1ccc([IH+])cc1.Cc1ccc([S+](c2ccccc2)c2ccccc2)cc1.O=C1NS(=O)(=O)c2ccccc21.O=S(=O)([O-])C(F)(F)F.[O-]OOSc1c(F)c(F)c(F)c(F)c1F.[SH2+]c1ccccc1. The number of rotatable bonds is 19.